The van der Waals surface area contributed by atoms with E-state index in [4.69, 9.17) is 9.84 Å². The Balaban J connectivity index is 3.99. The molecule has 2 atom stereocenters. The van der Waals surface area contributed by atoms with Crippen molar-refractivity contribution in [2.24, 2.45) is 5.92 Å². The van der Waals surface area contributed by atoms with Gasteiger partial charge in [-0.25, -0.2) is 0 Å². The van der Waals surface area contributed by atoms with Crippen LogP contribution < -0.4 is 5.32 Å². The maximum absolute atomic E-state index is 11.0. The molecule has 0 aliphatic rings. The minimum absolute atomic E-state index is 0.0327. The fourth-order valence-electron chi connectivity index (χ4n) is 1.33. The summed E-state index contributed by atoms with van der Waals surface area (Å²) in [6.45, 7) is 3.80. The Bertz CT molecular complexity index is 186. The lowest BCUT2D eigenvalue weighted by Gasteiger charge is -2.21. The maximum Gasteiger partial charge on any atom is 0.321 e. The molecular weight excluding hydrogens is 196 g/mol. The summed E-state index contributed by atoms with van der Waals surface area (Å²) in [5.74, 6) is -0.854. The van der Waals surface area contributed by atoms with Crippen LogP contribution in [0, 0.1) is 5.92 Å². The SMILES string of the molecule is COCC(C)C(NCCN(C)C)C(=O)O. The molecule has 5 heteroatoms. The molecule has 0 saturated heterocycles. The average molecular weight is 218 g/mol. The van der Waals surface area contributed by atoms with Gasteiger partial charge in [0.05, 0.1) is 6.61 Å². The molecule has 5 nitrogen and oxygen atoms in total. The van der Waals surface area contributed by atoms with Gasteiger partial charge in [-0.2, -0.15) is 0 Å². The molecular formula is C10H22N2O3. The lowest BCUT2D eigenvalue weighted by Crippen LogP contribution is -2.45. The van der Waals surface area contributed by atoms with Crippen molar-refractivity contribution in [2.75, 3.05) is 40.9 Å². The van der Waals surface area contributed by atoms with Gasteiger partial charge in [0.1, 0.15) is 6.04 Å². The Morgan fingerprint density at radius 3 is 2.53 bits per heavy atom. The number of methoxy groups -OCH3 is 1. The van der Waals surface area contributed by atoms with Gasteiger partial charge in [-0.05, 0) is 14.1 Å². The van der Waals surface area contributed by atoms with Gasteiger partial charge in [0.15, 0.2) is 0 Å². The molecule has 2 N–H and O–H groups in total. The third kappa shape index (κ3) is 6.43. The van der Waals surface area contributed by atoms with Gasteiger partial charge in [-0.3, -0.25) is 4.79 Å². The Morgan fingerprint density at radius 2 is 2.13 bits per heavy atom. The van der Waals surface area contributed by atoms with Crippen LogP contribution in [0.5, 0.6) is 0 Å². The van der Waals surface area contributed by atoms with Crippen molar-refractivity contribution in [1.29, 1.82) is 0 Å². The van der Waals surface area contributed by atoms with Crippen LogP contribution >= 0.6 is 0 Å². The molecule has 0 saturated carbocycles. The normalized spacial score (nSPS) is 15.3. The average Bonchev–Trinajstić information content (AvgIpc) is 2.11. The first kappa shape index (κ1) is 14.3. The number of nitrogens with zero attached hydrogens (tertiary/aromatic N) is 1. The second-order valence-electron chi connectivity index (χ2n) is 4.01. The van der Waals surface area contributed by atoms with E-state index in [0.29, 0.717) is 13.2 Å². The Hall–Kier alpha value is -0.650. The van der Waals surface area contributed by atoms with Gasteiger partial charge in [0.2, 0.25) is 0 Å². The Labute approximate surface area is 91.4 Å². The van der Waals surface area contributed by atoms with E-state index < -0.39 is 12.0 Å². The fourth-order valence-corrected chi connectivity index (χ4v) is 1.33. The third-order valence-electron chi connectivity index (χ3n) is 2.19. The third-order valence-corrected chi connectivity index (χ3v) is 2.19. The summed E-state index contributed by atoms with van der Waals surface area (Å²) in [6.07, 6.45) is 0. The maximum atomic E-state index is 11.0. The lowest BCUT2D eigenvalue weighted by atomic mass is 10.0. The summed E-state index contributed by atoms with van der Waals surface area (Å²) >= 11 is 0. The molecule has 0 rings (SSSR count). The highest BCUT2D eigenvalue weighted by molar-refractivity contribution is 5.73. The molecule has 0 aromatic carbocycles. The number of aliphatic carboxylic acids is 1. The van der Waals surface area contributed by atoms with E-state index in [1.165, 1.54) is 0 Å². The molecule has 0 aliphatic carbocycles. The molecule has 0 amide bonds. The molecule has 0 fully saturated rings. The predicted octanol–water partition coefficient (Wildman–Crippen LogP) is -0.127. The van der Waals surface area contributed by atoms with Crippen molar-refractivity contribution in [3.8, 4) is 0 Å². The number of carboxylic acid groups (broad SMARTS) is 1. The van der Waals surface area contributed by atoms with E-state index in [1.54, 1.807) is 7.11 Å². The van der Waals surface area contributed by atoms with E-state index in [9.17, 15) is 4.79 Å². The molecule has 0 bridgehead atoms. The summed E-state index contributed by atoms with van der Waals surface area (Å²) < 4.78 is 4.95. The number of rotatable bonds is 8. The van der Waals surface area contributed by atoms with Gasteiger partial charge in [-0.15, -0.1) is 0 Å². The molecule has 0 aromatic heterocycles. The van der Waals surface area contributed by atoms with Gasteiger partial charge in [0.25, 0.3) is 0 Å². The van der Waals surface area contributed by atoms with Crippen LogP contribution in [-0.4, -0.2) is 62.9 Å². The number of hydrogen-bond acceptors (Lipinski definition) is 4. The van der Waals surface area contributed by atoms with Gasteiger partial charge in [-0.1, -0.05) is 6.92 Å². The van der Waals surface area contributed by atoms with Crippen molar-refractivity contribution in [1.82, 2.24) is 10.2 Å². The first-order valence-corrected chi connectivity index (χ1v) is 5.09. The number of likely N-dealkylation sites (N-methyl/N-ethyl adjacent to an activating group) is 1. The quantitative estimate of drug-likeness (QED) is 0.594. The van der Waals surface area contributed by atoms with Crippen LogP contribution in [0.4, 0.5) is 0 Å². The van der Waals surface area contributed by atoms with Crippen LogP contribution in [0.2, 0.25) is 0 Å². The van der Waals surface area contributed by atoms with Crippen LogP contribution in [0.1, 0.15) is 6.92 Å². The van der Waals surface area contributed by atoms with Crippen molar-refractivity contribution in [3.63, 3.8) is 0 Å². The fraction of sp³-hybridized carbons (Fsp3) is 0.900. The zero-order valence-electron chi connectivity index (χ0n) is 9.99. The molecule has 0 radical (unpaired) electrons. The molecule has 0 heterocycles. The lowest BCUT2D eigenvalue weighted by molar-refractivity contribution is -0.141. The summed E-state index contributed by atoms with van der Waals surface area (Å²) in [6, 6.07) is -0.537. The highest BCUT2D eigenvalue weighted by Crippen LogP contribution is 2.03. The number of carbonyl (C=O) groups is 1. The Morgan fingerprint density at radius 1 is 1.53 bits per heavy atom. The molecule has 0 aromatic rings. The molecule has 2 unspecified atom stereocenters. The van der Waals surface area contributed by atoms with E-state index in [1.807, 2.05) is 25.9 Å². The first-order valence-electron chi connectivity index (χ1n) is 5.09. The minimum atomic E-state index is -0.821. The highest BCUT2D eigenvalue weighted by Gasteiger charge is 2.23. The summed E-state index contributed by atoms with van der Waals surface area (Å²) in [5.41, 5.74) is 0. The summed E-state index contributed by atoms with van der Waals surface area (Å²) in [7, 11) is 5.49. The monoisotopic (exact) mass is 218 g/mol. The topological polar surface area (TPSA) is 61.8 Å². The van der Waals surface area contributed by atoms with Gasteiger partial charge in [0, 0.05) is 26.1 Å². The predicted molar refractivity (Wildman–Crippen MR) is 59.0 cm³/mol. The first-order chi connectivity index (χ1) is 6.99. The smallest absolute Gasteiger partial charge is 0.321 e. The number of nitrogens with one attached hydrogen (secondary N) is 1. The van der Waals surface area contributed by atoms with Crippen molar-refractivity contribution in [3.05, 3.63) is 0 Å². The number of carboxylic acids is 1. The summed E-state index contributed by atoms with van der Waals surface area (Å²) in [4.78, 5) is 13.0. The van der Waals surface area contributed by atoms with Gasteiger partial charge >= 0.3 is 5.97 Å². The van der Waals surface area contributed by atoms with Crippen LogP contribution in [0.25, 0.3) is 0 Å². The Kier molecular flexibility index (Phi) is 7.29. The van der Waals surface area contributed by atoms with Crippen molar-refractivity contribution < 1.29 is 14.6 Å². The largest absolute Gasteiger partial charge is 0.480 e. The van der Waals surface area contributed by atoms with Crippen LogP contribution in [0.15, 0.2) is 0 Å². The van der Waals surface area contributed by atoms with Crippen molar-refractivity contribution >= 4 is 5.97 Å². The second-order valence-corrected chi connectivity index (χ2v) is 4.01. The van der Waals surface area contributed by atoms with E-state index in [-0.39, 0.29) is 5.92 Å². The molecule has 0 spiro atoms. The molecule has 0 aliphatic heterocycles. The van der Waals surface area contributed by atoms with Crippen LogP contribution in [0.3, 0.4) is 0 Å². The number of ether oxygens (including phenoxy) is 1. The standard InChI is InChI=1S/C10H22N2O3/c1-8(7-15-4)9(10(13)14)11-5-6-12(2)3/h8-9,11H,5-7H2,1-4H3,(H,13,14). The summed E-state index contributed by atoms with van der Waals surface area (Å²) in [5, 5.41) is 12.0. The van der Waals surface area contributed by atoms with E-state index >= 15 is 0 Å². The zero-order valence-corrected chi connectivity index (χ0v) is 9.99. The van der Waals surface area contributed by atoms with E-state index in [2.05, 4.69) is 5.32 Å². The highest BCUT2D eigenvalue weighted by atomic mass is 16.5. The zero-order chi connectivity index (χ0) is 11.8. The minimum Gasteiger partial charge on any atom is -0.480 e. The molecule has 15 heavy (non-hydrogen) atoms. The second kappa shape index (κ2) is 7.62. The molecule has 90 valence electrons. The van der Waals surface area contributed by atoms with Gasteiger partial charge < -0.3 is 20.1 Å². The van der Waals surface area contributed by atoms with Crippen LogP contribution in [-0.2, 0) is 9.53 Å². The van der Waals surface area contributed by atoms with E-state index in [0.717, 1.165) is 6.54 Å². The number of hydrogen-bond donors (Lipinski definition) is 2. The van der Waals surface area contributed by atoms with Crippen molar-refractivity contribution in [2.45, 2.75) is 13.0 Å².